The van der Waals surface area contributed by atoms with Crippen LogP contribution < -0.4 is 55.9 Å². The summed E-state index contributed by atoms with van der Waals surface area (Å²) in [5, 5.41) is 110. The van der Waals surface area contributed by atoms with Crippen molar-refractivity contribution in [1.29, 1.82) is 0 Å². The average molecular weight is 991 g/mol. The van der Waals surface area contributed by atoms with Gasteiger partial charge in [-0.15, -0.1) is 0 Å². The van der Waals surface area contributed by atoms with Crippen LogP contribution in [-0.4, -0.2) is 213 Å². The zero-order chi connectivity index (χ0) is 49.4. The molecule has 4 amide bonds. The van der Waals surface area contributed by atoms with Gasteiger partial charge in [-0.05, 0) is 31.2 Å². The molecule has 0 bridgehead atoms. The number of benzene rings is 1. The maximum Gasteiger partial charge on any atom is 1.00 e. The first-order chi connectivity index (χ1) is 30.9. The number of rotatable bonds is 19. The minimum Gasteiger partial charge on any atom is -0.544 e. The van der Waals surface area contributed by atoms with Gasteiger partial charge in [-0.25, -0.2) is 4.79 Å². The molecule has 3 saturated heterocycles. The number of nitrogens with one attached hydrogen (secondary N) is 4. The van der Waals surface area contributed by atoms with Gasteiger partial charge in [0, 0.05) is 44.3 Å². The van der Waals surface area contributed by atoms with Gasteiger partial charge in [0.25, 0.3) is 5.91 Å². The number of esters is 1. The largest absolute Gasteiger partial charge is 1.00 e. The van der Waals surface area contributed by atoms with Crippen LogP contribution in [-0.2, 0) is 57.1 Å². The van der Waals surface area contributed by atoms with E-state index < -0.39 is 171 Å². The molecule has 3 heterocycles. The number of carbonyl (C=O) groups excluding carboxylic acids is 6. The molecule has 4 rings (SSSR count). The summed E-state index contributed by atoms with van der Waals surface area (Å²) >= 11 is 5.87. The van der Waals surface area contributed by atoms with Crippen molar-refractivity contribution < 1.29 is 137 Å². The van der Waals surface area contributed by atoms with Crippen LogP contribution in [0.15, 0.2) is 24.3 Å². The summed E-state index contributed by atoms with van der Waals surface area (Å²) in [7, 11) is 1.01. The molecule has 0 unspecified atom stereocenters. The predicted molar refractivity (Wildman–Crippen MR) is 214 cm³/mol. The fraction of sp³-hybridized carbons (Fsp3) is 0.692. The Morgan fingerprint density at radius 1 is 0.866 bits per heavy atom. The van der Waals surface area contributed by atoms with Crippen LogP contribution in [0.2, 0.25) is 5.02 Å². The summed E-state index contributed by atoms with van der Waals surface area (Å²) in [4.78, 5) is 75.3. The Morgan fingerprint density at radius 2 is 1.46 bits per heavy atom. The van der Waals surface area contributed by atoms with E-state index in [4.69, 9.17) is 44.8 Å². The number of halogens is 1. The Morgan fingerprint density at radius 3 is 2.01 bits per heavy atom. The molecule has 0 radical (unpaired) electrons. The second-order valence-electron chi connectivity index (χ2n) is 15.8. The van der Waals surface area contributed by atoms with E-state index in [2.05, 4.69) is 21.3 Å². The van der Waals surface area contributed by atoms with E-state index in [1.165, 1.54) is 31.2 Å². The van der Waals surface area contributed by atoms with Gasteiger partial charge in [0.1, 0.15) is 66.9 Å². The molecule has 3 aliphatic heterocycles. The zero-order valence-electron chi connectivity index (χ0n) is 37.1. The second kappa shape index (κ2) is 25.6. The molecular formula is C39H56ClN4NaO22. The van der Waals surface area contributed by atoms with Crippen LogP contribution in [0.5, 0.6) is 0 Å². The first-order valence-electron chi connectivity index (χ1n) is 20.4. The first kappa shape index (κ1) is 58.1. The molecule has 1 aromatic carbocycles. The van der Waals surface area contributed by atoms with Gasteiger partial charge in [0.05, 0.1) is 44.7 Å². The standard InChI is InChI=1S/C39H57ClN4O22.Na/c1-14(24(35(57)60-5)42-15(2)46)62-36-26(44-17(4)48)32(65-37-31(55)30(54)28(52)22(12-45)63-37)29(53)23(64-36)13-61-39(38(58)59)10-20(49)25(43-16(3)47)33(66-39)27(51)21(50)11-41-34(56)18-6-8-19(40)9-7-18;/h6-9,14,20-33,36-37,45,49-55H,10-13H2,1-5H3,(H,41,56)(H,42,46)(H,43,47)(H,44,48)(H,58,59);/q;+1/p-1/t14-,20+,21-,22-,23-,24+,25-,26-,27-,28+,29+,30+,31-,32-,33-,36+,37+,39-;/m1./s1. The van der Waals surface area contributed by atoms with E-state index in [0.29, 0.717) is 5.02 Å². The van der Waals surface area contributed by atoms with Crippen molar-refractivity contribution in [1.82, 2.24) is 21.3 Å². The topological polar surface area (TPSA) is 400 Å². The van der Waals surface area contributed by atoms with E-state index >= 15 is 0 Å². The third kappa shape index (κ3) is 14.7. The Bertz CT molecular complexity index is 1860. The van der Waals surface area contributed by atoms with Crippen LogP contribution in [0.25, 0.3) is 0 Å². The molecule has 3 fully saturated rings. The molecule has 67 heavy (non-hydrogen) atoms. The second-order valence-corrected chi connectivity index (χ2v) is 16.2. The molecule has 0 aromatic heterocycles. The molecule has 1 aromatic rings. The molecule has 12 N–H and O–H groups in total. The molecule has 0 spiro atoms. The number of hydrogen-bond acceptors (Lipinski definition) is 22. The number of carboxylic acids is 1. The maximum atomic E-state index is 13.0. The van der Waals surface area contributed by atoms with Crippen molar-refractivity contribution >= 4 is 47.2 Å². The normalized spacial score (nSPS) is 33.6. The molecule has 3 aliphatic rings. The summed E-state index contributed by atoms with van der Waals surface area (Å²) < 4.78 is 39.6. The molecule has 18 atom stereocenters. The van der Waals surface area contributed by atoms with Crippen molar-refractivity contribution in [3.8, 4) is 0 Å². The van der Waals surface area contributed by atoms with Crippen LogP contribution in [0, 0.1) is 0 Å². The molecular weight excluding hydrogens is 935 g/mol. The fourth-order valence-corrected chi connectivity index (χ4v) is 7.58. The van der Waals surface area contributed by atoms with Gasteiger partial charge in [-0.2, -0.15) is 0 Å². The number of aliphatic hydroxyl groups excluding tert-OH is 8. The summed E-state index contributed by atoms with van der Waals surface area (Å²) in [6.45, 7) is 1.70. The molecule has 28 heteroatoms. The van der Waals surface area contributed by atoms with Crippen molar-refractivity contribution in [3.63, 3.8) is 0 Å². The van der Waals surface area contributed by atoms with Crippen LogP contribution in [0.3, 0.4) is 0 Å². The monoisotopic (exact) mass is 990 g/mol. The van der Waals surface area contributed by atoms with Crippen molar-refractivity contribution in [2.75, 3.05) is 26.9 Å². The Hall–Kier alpha value is -3.23. The van der Waals surface area contributed by atoms with Crippen LogP contribution >= 0.6 is 11.6 Å². The minimum atomic E-state index is -3.11. The van der Waals surface area contributed by atoms with Gasteiger partial charge in [0.2, 0.25) is 23.5 Å². The van der Waals surface area contributed by atoms with E-state index in [-0.39, 0.29) is 35.1 Å². The van der Waals surface area contributed by atoms with E-state index in [1.807, 2.05) is 0 Å². The maximum absolute atomic E-state index is 13.0. The number of aliphatic carboxylic acids is 1. The van der Waals surface area contributed by atoms with Gasteiger partial charge in [-0.1, -0.05) is 11.6 Å². The number of ether oxygens (including phenoxy) is 7. The Labute approximate surface area is 409 Å². The van der Waals surface area contributed by atoms with E-state index in [0.717, 1.165) is 27.9 Å². The third-order valence-electron chi connectivity index (χ3n) is 10.9. The van der Waals surface area contributed by atoms with Crippen LogP contribution in [0.1, 0.15) is 44.5 Å². The quantitative estimate of drug-likeness (QED) is 0.0452. The van der Waals surface area contributed by atoms with Gasteiger partial charge in [-0.3, -0.25) is 19.2 Å². The molecule has 0 saturated carbocycles. The fourth-order valence-electron chi connectivity index (χ4n) is 7.46. The smallest absolute Gasteiger partial charge is 0.544 e. The third-order valence-corrected chi connectivity index (χ3v) is 11.1. The van der Waals surface area contributed by atoms with E-state index in [1.54, 1.807) is 0 Å². The van der Waals surface area contributed by atoms with E-state index in [9.17, 15) is 74.7 Å². The van der Waals surface area contributed by atoms with Gasteiger partial charge >= 0.3 is 35.5 Å². The number of aliphatic hydroxyl groups is 8. The van der Waals surface area contributed by atoms with Crippen molar-refractivity contribution in [3.05, 3.63) is 34.9 Å². The summed E-state index contributed by atoms with van der Waals surface area (Å²) in [6, 6.07) is 0.732. The predicted octanol–water partition coefficient (Wildman–Crippen LogP) is -10.2. The number of carboxylic acid groups (broad SMARTS) is 1. The summed E-state index contributed by atoms with van der Waals surface area (Å²) in [5.41, 5.74) is 0.111. The number of carbonyl (C=O) groups is 6. The first-order valence-corrected chi connectivity index (χ1v) is 20.8. The molecule has 372 valence electrons. The Kier molecular flexibility index (Phi) is 22.2. The molecule has 0 aliphatic carbocycles. The van der Waals surface area contributed by atoms with Gasteiger partial charge in [0.15, 0.2) is 18.6 Å². The zero-order valence-corrected chi connectivity index (χ0v) is 39.9. The Balaban J connectivity index is 0.0000119. The summed E-state index contributed by atoms with van der Waals surface area (Å²) in [6.07, 6.45) is -27.8. The number of hydrogen-bond donors (Lipinski definition) is 12. The SMILES string of the molecule is COC(=O)[C@@H](NC(C)=O)[C@@H](C)O[C@H]1O[C@H](CO[C@]2(C(=O)[O-])C[C@H](O)[C@@H](NC(C)=O)[C@H]([C@H](O)[C@H](O)CNC(=O)c3ccc(Cl)cc3)O2)[C@H](O)[C@H](O[C@@H]2O[C@H](CO)[C@H](O)[C@H](O)[C@H]2O)[C@H]1NC(C)=O.[Na+]. The number of methoxy groups -OCH3 is 1. The minimum absolute atomic E-state index is 0. The van der Waals surface area contributed by atoms with Crippen LogP contribution in [0.4, 0.5) is 0 Å². The number of amides is 4. The summed E-state index contributed by atoms with van der Waals surface area (Å²) in [5.74, 6) is -9.35. The molecule has 26 nitrogen and oxygen atoms in total. The van der Waals surface area contributed by atoms with Gasteiger partial charge < -0.3 is 105 Å². The average Bonchev–Trinajstić information content (AvgIpc) is 3.26. The van der Waals surface area contributed by atoms with Crippen molar-refractivity contribution in [2.24, 2.45) is 0 Å². The van der Waals surface area contributed by atoms with Crippen molar-refractivity contribution in [2.45, 2.75) is 144 Å².